The van der Waals surface area contributed by atoms with Gasteiger partial charge >= 0.3 is 0 Å². The molecule has 1 unspecified atom stereocenters. The highest BCUT2D eigenvalue weighted by atomic mass is 32.2. The molecule has 0 radical (unpaired) electrons. The van der Waals surface area contributed by atoms with Crippen molar-refractivity contribution < 1.29 is 26.8 Å². The van der Waals surface area contributed by atoms with E-state index in [2.05, 4.69) is 5.32 Å². The third-order valence-electron chi connectivity index (χ3n) is 5.64. The van der Waals surface area contributed by atoms with Crippen LogP contribution in [-0.2, 0) is 14.8 Å². The van der Waals surface area contributed by atoms with E-state index < -0.39 is 27.5 Å². The van der Waals surface area contributed by atoms with E-state index >= 15 is 0 Å². The summed E-state index contributed by atoms with van der Waals surface area (Å²) < 4.78 is 52.5. The first-order valence-corrected chi connectivity index (χ1v) is 12.6. The van der Waals surface area contributed by atoms with E-state index in [-0.39, 0.29) is 18.2 Å². The zero-order valence-electron chi connectivity index (χ0n) is 19.2. The summed E-state index contributed by atoms with van der Waals surface area (Å²) in [5.74, 6) is -0.451. The summed E-state index contributed by atoms with van der Waals surface area (Å²) in [5, 5.41) is 3.33. The van der Waals surface area contributed by atoms with Crippen molar-refractivity contribution in [3.8, 4) is 11.3 Å². The number of fused-ring (bicyclic) bond motifs is 2. The first-order chi connectivity index (χ1) is 15.4. The van der Waals surface area contributed by atoms with Gasteiger partial charge in [-0.15, -0.1) is 0 Å². The maximum Gasteiger partial charge on any atom is 0.255 e. The number of amides is 1. The molecular weight excluding hydrogens is 447 g/mol. The van der Waals surface area contributed by atoms with Crippen LogP contribution in [0, 0.1) is 5.82 Å². The fourth-order valence-corrected chi connectivity index (χ4v) is 5.34. The number of rotatable bonds is 4. The van der Waals surface area contributed by atoms with Gasteiger partial charge in [0, 0.05) is 29.1 Å². The standard InChI is InChI=1S/C24H27FN2O5S/c1-6-26-23(28)21-18-11-17-14(2)32-24(3,4)13-27(33(5,29)30)19(17)12-20(18)31-22(21)15-7-9-16(25)10-8-15/h7-12,14H,6,13H2,1-5H3,(H,26,28). The van der Waals surface area contributed by atoms with Crippen LogP contribution in [0.1, 0.15) is 49.7 Å². The Labute approximate surface area is 192 Å². The third kappa shape index (κ3) is 4.35. The van der Waals surface area contributed by atoms with Gasteiger partial charge in [0.2, 0.25) is 10.0 Å². The molecule has 0 bridgehead atoms. The number of benzene rings is 2. The Hall–Kier alpha value is -2.91. The van der Waals surface area contributed by atoms with Crippen LogP contribution in [0.5, 0.6) is 0 Å². The Bertz CT molecular complexity index is 1330. The molecule has 2 heterocycles. The molecule has 0 fully saturated rings. The van der Waals surface area contributed by atoms with Crippen LogP contribution >= 0.6 is 0 Å². The molecule has 1 aliphatic heterocycles. The maximum absolute atomic E-state index is 13.5. The Morgan fingerprint density at radius 3 is 2.52 bits per heavy atom. The molecule has 0 aliphatic carbocycles. The van der Waals surface area contributed by atoms with E-state index in [1.165, 1.54) is 28.6 Å². The lowest BCUT2D eigenvalue weighted by atomic mass is 10.0. The molecule has 7 nitrogen and oxygen atoms in total. The summed E-state index contributed by atoms with van der Waals surface area (Å²) in [6.07, 6.45) is 0.719. The quantitative estimate of drug-likeness (QED) is 0.596. The van der Waals surface area contributed by atoms with Crippen molar-refractivity contribution in [3.05, 3.63) is 53.3 Å². The minimum atomic E-state index is -3.62. The number of carbonyl (C=O) groups is 1. The van der Waals surface area contributed by atoms with Crippen molar-refractivity contribution in [1.29, 1.82) is 0 Å². The summed E-state index contributed by atoms with van der Waals surface area (Å²) in [7, 11) is -3.62. The van der Waals surface area contributed by atoms with Crippen LogP contribution in [-0.4, -0.2) is 39.3 Å². The molecule has 9 heteroatoms. The summed E-state index contributed by atoms with van der Waals surface area (Å²) in [4.78, 5) is 13.0. The van der Waals surface area contributed by atoms with Crippen molar-refractivity contribution in [2.75, 3.05) is 23.7 Å². The normalized spacial score (nSPS) is 18.1. The van der Waals surface area contributed by atoms with Gasteiger partial charge < -0.3 is 14.5 Å². The highest BCUT2D eigenvalue weighted by Gasteiger charge is 2.37. The second-order valence-corrected chi connectivity index (χ2v) is 10.8. The van der Waals surface area contributed by atoms with Gasteiger partial charge in [0.15, 0.2) is 0 Å². The van der Waals surface area contributed by atoms with E-state index in [0.717, 1.165) is 6.26 Å². The number of ether oxygens (including phenoxy) is 1. The van der Waals surface area contributed by atoms with Crippen molar-refractivity contribution in [2.24, 2.45) is 0 Å². The van der Waals surface area contributed by atoms with E-state index in [0.29, 0.717) is 39.9 Å². The van der Waals surface area contributed by atoms with Gasteiger partial charge in [-0.25, -0.2) is 12.8 Å². The van der Waals surface area contributed by atoms with Gasteiger partial charge in [0.05, 0.1) is 35.8 Å². The molecule has 2 aromatic carbocycles. The number of hydrogen-bond acceptors (Lipinski definition) is 5. The van der Waals surface area contributed by atoms with Crippen LogP contribution in [0.3, 0.4) is 0 Å². The Balaban J connectivity index is 2.02. The average molecular weight is 475 g/mol. The SMILES string of the molecule is CCNC(=O)c1c(-c2ccc(F)cc2)oc2cc3c(cc12)C(C)OC(C)(C)CN3S(C)(=O)=O. The zero-order chi connectivity index (χ0) is 24.1. The van der Waals surface area contributed by atoms with Gasteiger partial charge in [-0.1, -0.05) is 0 Å². The van der Waals surface area contributed by atoms with E-state index in [1.807, 2.05) is 27.7 Å². The summed E-state index contributed by atoms with van der Waals surface area (Å²) in [6.45, 7) is 7.88. The van der Waals surface area contributed by atoms with Gasteiger partial charge in [-0.05, 0) is 58.0 Å². The van der Waals surface area contributed by atoms with E-state index in [9.17, 15) is 17.6 Å². The van der Waals surface area contributed by atoms with Crippen molar-refractivity contribution in [2.45, 2.75) is 39.4 Å². The molecular formula is C24H27FN2O5S. The van der Waals surface area contributed by atoms with Crippen LogP contribution in [0.2, 0.25) is 0 Å². The number of nitrogens with zero attached hydrogens (tertiary/aromatic N) is 1. The minimum Gasteiger partial charge on any atom is -0.455 e. The smallest absolute Gasteiger partial charge is 0.255 e. The second-order valence-electron chi connectivity index (χ2n) is 8.87. The molecule has 1 atom stereocenters. The predicted molar refractivity (Wildman–Crippen MR) is 125 cm³/mol. The molecule has 3 aromatic rings. The van der Waals surface area contributed by atoms with Gasteiger partial charge in [-0.3, -0.25) is 9.10 Å². The van der Waals surface area contributed by atoms with Crippen molar-refractivity contribution >= 4 is 32.6 Å². The van der Waals surface area contributed by atoms with Gasteiger partial charge in [0.1, 0.15) is 17.2 Å². The van der Waals surface area contributed by atoms with Crippen LogP contribution in [0.25, 0.3) is 22.3 Å². The summed E-state index contributed by atoms with van der Waals surface area (Å²) in [6, 6.07) is 9.07. The summed E-state index contributed by atoms with van der Waals surface area (Å²) in [5.41, 5.74) is 1.55. The number of anilines is 1. The topological polar surface area (TPSA) is 88.8 Å². The van der Waals surface area contributed by atoms with Crippen LogP contribution < -0.4 is 9.62 Å². The first-order valence-electron chi connectivity index (χ1n) is 10.7. The highest BCUT2D eigenvalue weighted by Crippen LogP contribution is 2.43. The molecule has 1 N–H and O–H groups in total. The monoisotopic (exact) mass is 474 g/mol. The Kier molecular flexibility index (Phi) is 5.74. The van der Waals surface area contributed by atoms with Crippen LogP contribution in [0.4, 0.5) is 10.1 Å². The molecule has 1 aliphatic rings. The minimum absolute atomic E-state index is 0.128. The van der Waals surface area contributed by atoms with Gasteiger partial charge in [-0.2, -0.15) is 0 Å². The fourth-order valence-electron chi connectivity index (χ4n) is 4.28. The predicted octanol–water partition coefficient (Wildman–Crippen LogP) is 4.62. The number of halogens is 1. The number of sulfonamides is 1. The Morgan fingerprint density at radius 2 is 1.91 bits per heavy atom. The van der Waals surface area contributed by atoms with Crippen molar-refractivity contribution in [1.82, 2.24) is 5.32 Å². The third-order valence-corrected chi connectivity index (χ3v) is 6.76. The largest absolute Gasteiger partial charge is 0.455 e. The average Bonchev–Trinajstić information content (AvgIpc) is 3.04. The number of carbonyl (C=O) groups excluding carboxylic acids is 1. The molecule has 1 amide bonds. The van der Waals surface area contributed by atoms with E-state index in [1.54, 1.807) is 12.1 Å². The molecule has 33 heavy (non-hydrogen) atoms. The molecule has 176 valence electrons. The number of furan rings is 1. The lowest BCUT2D eigenvalue weighted by Crippen LogP contribution is -2.42. The molecule has 1 aromatic heterocycles. The van der Waals surface area contributed by atoms with E-state index in [4.69, 9.17) is 9.15 Å². The summed E-state index contributed by atoms with van der Waals surface area (Å²) >= 11 is 0. The number of hydrogen-bond donors (Lipinski definition) is 1. The first kappa shape index (κ1) is 23.3. The Morgan fingerprint density at radius 1 is 1.24 bits per heavy atom. The lowest BCUT2D eigenvalue weighted by Gasteiger charge is -2.30. The molecule has 0 saturated heterocycles. The van der Waals surface area contributed by atoms with Crippen LogP contribution in [0.15, 0.2) is 40.8 Å². The molecule has 0 saturated carbocycles. The number of nitrogens with one attached hydrogen (secondary N) is 1. The fraction of sp³-hybridized carbons (Fsp3) is 0.375. The van der Waals surface area contributed by atoms with Crippen molar-refractivity contribution in [3.63, 3.8) is 0 Å². The zero-order valence-corrected chi connectivity index (χ0v) is 20.0. The van der Waals surface area contributed by atoms with Gasteiger partial charge in [0.25, 0.3) is 5.91 Å². The highest BCUT2D eigenvalue weighted by molar-refractivity contribution is 7.92. The second kappa shape index (κ2) is 8.14. The maximum atomic E-state index is 13.5. The molecule has 0 spiro atoms. The lowest BCUT2D eigenvalue weighted by molar-refractivity contribution is -0.0542. The molecule has 4 rings (SSSR count).